The SMILES string of the molecule is CCCNCC(=O)N[C@@H](CCC(=O)O)C(=O)O. The monoisotopic (exact) mass is 246 g/mol. The van der Waals surface area contributed by atoms with Gasteiger partial charge in [0.15, 0.2) is 0 Å². The lowest BCUT2D eigenvalue weighted by molar-refractivity contribution is -0.142. The number of carbonyl (C=O) groups is 3. The van der Waals surface area contributed by atoms with E-state index in [1.54, 1.807) is 0 Å². The minimum Gasteiger partial charge on any atom is -0.481 e. The largest absolute Gasteiger partial charge is 0.481 e. The van der Waals surface area contributed by atoms with E-state index in [4.69, 9.17) is 10.2 Å². The van der Waals surface area contributed by atoms with Crippen molar-refractivity contribution in [3.05, 3.63) is 0 Å². The average Bonchev–Trinajstić information content (AvgIpc) is 2.23. The predicted molar refractivity (Wildman–Crippen MR) is 59.6 cm³/mol. The maximum Gasteiger partial charge on any atom is 0.326 e. The van der Waals surface area contributed by atoms with Crippen LogP contribution in [-0.4, -0.2) is 47.2 Å². The van der Waals surface area contributed by atoms with Gasteiger partial charge in [-0.3, -0.25) is 9.59 Å². The Morgan fingerprint density at radius 2 is 1.88 bits per heavy atom. The lowest BCUT2D eigenvalue weighted by atomic mass is 10.1. The molecule has 0 fully saturated rings. The van der Waals surface area contributed by atoms with Crippen LogP contribution in [0, 0.1) is 0 Å². The van der Waals surface area contributed by atoms with Gasteiger partial charge in [-0.15, -0.1) is 0 Å². The maximum atomic E-state index is 11.3. The normalized spacial score (nSPS) is 11.8. The second-order valence-electron chi connectivity index (χ2n) is 3.57. The van der Waals surface area contributed by atoms with E-state index in [-0.39, 0.29) is 19.4 Å². The molecule has 0 saturated carbocycles. The molecule has 7 heteroatoms. The van der Waals surface area contributed by atoms with Crippen molar-refractivity contribution < 1.29 is 24.6 Å². The molecule has 1 atom stereocenters. The van der Waals surface area contributed by atoms with E-state index >= 15 is 0 Å². The second-order valence-corrected chi connectivity index (χ2v) is 3.57. The fourth-order valence-corrected chi connectivity index (χ4v) is 1.15. The van der Waals surface area contributed by atoms with E-state index in [9.17, 15) is 14.4 Å². The molecule has 17 heavy (non-hydrogen) atoms. The standard InChI is InChI=1S/C10H18N2O5/c1-2-5-11-6-8(13)12-7(10(16)17)3-4-9(14)15/h7,11H,2-6H2,1H3,(H,12,13)(H,14,15)(H,16,17)/t7-/m0/s1. The zero-order valence-corrected chi connectivity index (χ0v) is 9.73. The van der Waals surface area contributed by atoms with E-state index in [1.165, 1.54) is 0 Å². The summed E-state index contributed by atoms with van der Waals surface area (Å²) in [5.74, 6) is -2.76. The Hall–Kier alpha value is -1.63. The minimum absolute atomic E-state index is 0.0324. The molecule has 4 N–H and O–H groups in total. The van der Waals surface area contributed by atoms with Gasteiger partial charge in [-0.1, -0.05) is 6.92 Å². The second kappa shape index (κ2) is 8.51. The molecule has 0 aliphatic heterocycles. The first-order valence-corrected chi connectivity index (χ1v) is 5.42. The molecular formula is C10H18N2O5. The Balaban J connectivity index is 4.02. The van der Waals surface area contributed by atoms with Gasteiger partial charge in [0.25, 0.3) is 0 Å². The highest BCUT2D eigenvalue weighted by molar-refractivity contribution is 5.85. The highest BCUT2D eigenvalue weighted by atomic mass is 16.4. The van der Waals surface area contributed by atoms with E-state index in [0.29, 0.717) is 6.54 Å². The molecule has 0 radical (unpaired) electrons. The first kappa shape index (κ1) is 15.4. The van der Waals surface area contributed by atoms with Crippen molar-refractivity contribution >= 4 is 17.8 Å². The fraction of sp³-hybridized carbons (Fsp3) is 0.700. The van der Waals surface area contributed by atoms with Crippen molar-refractivity contribution in [2.24, 2.45) is 0 Å². The summed E-state index contributed by atoms with van der Waals surface area (Å²) in [4.78, 5) is 32.3. The summed E-state index contributed by atoms with van der Waals surface area (Å²) < 4.78 is 0. The van der Waals surface area contributed by atoms with Crippen LogP contribution < -0.4 is 10.6 Å². The van der Waals surface area contributed by atoms with Crippen LogP contribution in [0.4, 0.5) is 0 Å². The smallest absolute Gasteiger partial charge is 0.326 e. The van der Waals surface area contributed by atoms with E-state index in [1.807, 2.05) is 6.92 Å². The minimum atomic E-state index is -1.23. The maximum absolute atomic E-state index is 11.3. The quantitative estimate of drug-likeness (QED) is 0.404. The van der Waals surface area contributed by atoms with Crippen LogP contribution in [0.15, 0.2) is 0 Å². The van der Waals surface area contributed by atoms with Gasteiger partial charge in [-0.05, 0) is 19.4 Å². The highest BCUT2D eigenvalue weighted by Gasteiger charge is 2.20. The molecule has 0 rings (SSSR count). The van der Waals surface area contributed by atoms with Crippen LogP contribution in [0.25, 0.3) is 0 Å². The third kappa shape index (κ3) is 8.21. The molecule has 1 amide bonds. The molecule has 0 aromatic carbocycles. The number of carboxylic acid groups (broad SMARTS) is 2. The van der Waals surface area contributed by atoms with Crippen molar-refractivity contribution in [3.63, 3.8) is 0 Å². The number of nitrogens with one attached hydrogen (secondary N) is 2. The summed E-state index contributed by atoms with van der Waals surface area (Å²) in [6, 6.07) is -1.15. The Morgan fingerprint density at radius 1 is 1.24 bits per heavy atom. The molecule has 0 aromatic rings. The summed E-state index contributed by atoms with van der Waals surface area (Å²) in [6.07, 6.45) is 0.457. The number of aliphatic carboxylic acids is 2. The number of rotatable bonds is 9. The molecule has 0 aromatic heterocycles. The lowest BCUT2D eigenvalue weighted by Crippen LogP contribution is -2.44. The number of carboxylic acids is 2. The van der Waals surface area contributed by atoms with Gasteiger partial charge in [0.1, 0.15) is 6.04 Å². The van der Waals surface area contributed by atoms with Crippen LogP contribution in [0.5, 0.6) is 0 Å². The average molecular weight is 246 g/mol. The number of carbonyl (C=O) groups excluding carboxylic acids is 1. The molecule has 98 valence electrons. The van der Waals surface area contributed by atoms with Crippen LogP contribution in [0.1, 0.15) is 26.2 Å². The molecule has 0 unspecified atom stereocenters. The van der Waals surface area contributed by atoms with E-state index in [2.05, 4.69) is 10.6 Å². The molecule has 7 nitrogen and oxygen atoms in total. The molecule has 0 bridgehead atoms. The summed E-state index contributed by atoms with van der Waals surface area (Å²) in [7, 11) is 0. The molecule has 0 saturated heterocycles. The van der Waals surface area contributed by atoms with Crippen LogP contribution >= 0.6 is 0 Å². The number of hydrogen-bond acceptors (Lipinski definition) is 4. The zero-order chi connectivity index (χ0) is 13.3. The van der Waals surface area contributed by atoms with Gasteiger partial charge in [0.05, 0.1) is 6.54 Å². The van der Waals surface area contributed by atoms with Gasteiger partial charge in [0, 0.05) is 6.42 Å². The molecule has 0 aliphatic carbocycles. The summed E-state index contributed by atoms with van der Waals surface area (Å²) in [5.41, 5.74) is 0. The Labute approximate surface area is 99.2 Å². The van der Waals surface area contributed by atoms with E-state index < -0.39 is 23.9 Å². The van der Waals surface area contributed by atoms with Crippen LogP contribution in [0.2, 0.25) is 0 Å². The van der Waals surface area contributed by atoms with Crippen molar-refractivity contribution in [2.75, 3.05) is 13.1 Å². The summed E-state index contributed by atoms with van der Waals surface area (Å²) >= 11 is 0. The molecular weight excluding hydrogens is 228 g/mol. The third-order valence-electron chi connectivity index (χ3n) is 1.99. The number of amides is 1. The molecule has 0 aliphatic rings. The summed E-state index contributed by atoms with van der Waals surface area (Å²) in [6.45, 7) is 2.64. The zero-order valence-electron chi connectivity index (χ0n) is 9.73. The fourth-order valence-electron chi connectivity index (χ4n) is 1.15. The molecule has 0 heterocycles. The Morgan fingerprint density at radius 3 is 2.35 bits per heavy atom. The number of hydrogen-bond donors (Lipinski definition) is 4. The van der Waals surface area contributed by atoms with E-state index in [0.717, 1.165) is 6.42 Å². The van der Waals surface area contributed by atoms with Crippen molar-refractivity contribution in [2.45, 2.75) is 32.2 Å². The molecule has 0 spiro atoms. The summed E-state index contributed by atoms with van der Waals surface area (Å²) in [5, 5.41) is 22.3. The first-order chi connectivity index (χ1) is 7.97. The van der Waals surface area contributed by atoms with Crippen LogP contribution in [0.3, 0.4) is 0 Å². The van der Waals surface area contributed by atoms with Crippen molar-refractivity contribution in [1.82, 2.24) is 10.6 Å². The van der Waals surface area contributed by atoms with Crippen molar-refractivity contribution in [1.29, 1.82) is 0 Å². The third-order valence-corrected chi connectivity index (χ3v) is 1.99. The van der Waals surface area contributed by atoms with Crippen LogP contribution in [-0.2, 0) is 14.4 Å². The van der Waals surface area contributed by atoms with Gasteiger partial charge < -0.3 is 20.8 Å². The first-order valence-electron chi connectivity index (χ1n) is 5.42. The lowest BCUT2D eigenvalue weighted by Gasteiger charge is -2.13. The highest BCUT2D eigenvalue weighted by Crippen LogP contribution is 1.97. The predicted octanol–water partition coefficient (Wildman–Crippen LogP) is -0.580. The van der Waals surface area contributed by atoms with Gasteiger partial charge in [-0.2, -0.15) is 0 Å². The topological polar surface area (TPSA) is 116 Å². The van der Waals surface area contributed by atoms with Crippen molar-refractivity contribution in [3.8, 4) is 0 Å². The Kier molecular flexibility index (Phi) is 7.70. The van der Waals surface area contributed by atoms with Gasteiger partial charge in [-0.25, -0.2) is 4.79 Å². The van der Waals surface area contributed by atoms with Gasteiger partial charge in [0.2, 0.25) is 5.91 Å². The van der Waals surface area contributed by atoms with Gasteiger partial charge >= 0.3 is 11.9 Å². The Bertz CT molecular complexity index is 280.